The highest BCUT2D eigenvalue weighted by atomic mass is 16.5. The average Bonchev–Trinajstić information content (AvgIpc) is 2.75. The van der Waals surface area contributed by atoms with Crippen LogP contribution in [0.15, 0.2) is 48.5 Å². The summed E-state index contributed by atoms with van der Waals surface area (Å²) in [6.45, 7) is 2.11. The molecule has 3 N–H and O–H groups in total. The Morgan fingerprint density at radius 2 is 1.57 bits per heavy atom. The minimum atomic E-state index is -0.308. The molecule has 0 unspecified atom stereocenters. The van der Waals surface area contributed by atoms with Gasteiger partial charge in [-0.2, -0.15) is 0 Å². The minimum absolute atomic E-state index is 0.149. The van der Waals surface area contributed by atoms with Gasteiger partial charge in [-0.15, -0.1) is 0 Å². The molecule has 0 radical (unpaired) electrons. The molecule has 2 aromatic carbocycles. The third-order valence-corrected chi connectivity index (χ3v) is 4.03. The molecule has 0 fully saturated rings. The van der Waals surface area contributed by atoms with Crippen LogP contribution in [0.2, 0.25) is 0 Å². The van der Waals surface area contributed by atoms with Gasteiger partial charge in [-0.05, 0) is 48.0 Å². The highest BCUT2D eigenvalue weighted by Crippen LogP contribution is 2.27. The summed E-state index contributed by atoms with van der Waals surface area (Å²) in [7, 11) is 3.10. The lowest BCUT2D eigenvalue weighted by molar-refractivity contribution is -0.119. The van der Waals surface area contributed by atoms with Crippen molar-refractivity contribution in [2.75, 3.05) is 32.6 Å². The van der Waals surface area contributed by atoms with Gasteiger partial charge in [0.2, 0.25) is 11.8 Å². The summed E-state index contributed by atoms with van der Waals surface area (Å²) < 4.78 is 10.4. The first-order chi connectivity index (χ1) is 14.4. The first kappa shape index (κ1) is 22.5. The number of carbonyl (C=O) groups excluding carboxylic acids is 3. The number of hydrogen-bond donors (Lipinski definition) is 3. The van der Waals surface area contributed by atoms with Crippen LogP contribution in [-0.4, -0.2) is 45.0 Å². The predicted octanol–water partition coefficient (Wildman–Crippen LogP) is 2.22. The SMILES string of the molecule is COc1ccc(/C=C/C(=O)Nc2ccc(C(=O)NCCNC(C)=O)cc2)cc1OC. The smallest absolute Gasteiger partial charge is 0.251 e. The Hall–Kier alpha value is -3.81. The summed E-state index contributed by atoms with van der Waals surface area (Å²) in [4.78, 5) is 35.0. The zero-order valence-corrected chi connectivity index (χ0v) is 17.2. The molecule has 8 nitrogen and oxygen atoms in total. The second-order valence-corrected chi connectivity index (χ2v) is 6.25. The molecule has 8 heteroatoms. The average molecular weight is 411 g/mol. The van der Waals surface area contributed by atoms with Crippen LogP contribution >= 0.6 is 0 Å². The van der Waals surface area contributed by atoms with E-state index in [0.29, 0.717) is 35.8 Å². The zero-order chi connectivity index (χ0) is 21.9. The van der Waals surface area contributed by atoms with E-state index in [1.165, 1.54) is 13.0 Å². The van der Waals surface area contributed by atoms with Crippen molar-refractivity contribution >= 4 is 29.5 Å². The summed E-state index contributed by atoms with van der Waals surface area (Å²) in [5.41, 5.74) is 1.80. The molecule has 0 spiro atoms. The normalized spacial score (nSPS) is 10.4. The molecule has 0 aromatic heterocycles. The molecule has 0 aliphatic heterocycles. The highest BCUT2D eigenvalue weighted by molar-refractivity contribution is 6.02. The van der Waals surface area contributed by atoms with E-state index in [4.69, 9.17) is 9.47 Å². The highest BCUT2D eigenvalue weighted by Gasteiger charge is 2.06. The molecular formula is C22H25N3O5. The van der Waals surface area contributed by atoms with E-state index in [0.717, 1.165) is 5.56 Å². The van der Waals surface area contributed by atoms with E-state index >= 15 is 0 Å². The van der Waals surface area contributed by atoms with Gasteiger partial charge >= 0.3 is 0 Å². The van der Waals surface area contributed by atoms with Crippen molar-refractivity contribution < 1.29 is 23.9 Å². The molecule has 3 amide bonds. The number of hydrogen-bond acceptors (Lipinski definition) is 5. The molecule has 2 rings (SSSR count). The van der Waals surface area contributed by atoms with Crippen molar-refractivity contribution in [3.63, 3.8) is 0 Å². The van der Waals surface area contributed by atoms with Crippen molar-refractivity contribution in [3.05, 3.63) is 59.7 Å². The Morgan fingerprint density at radius 3 is 2.20 bits per heavy atom. The third-order valence-electron chi connectivity index (χ3n) is 4.03. The number of amides is 3. The van der Waals surface area contributed by atoms with Crippen LogP contribution in [0.4, 0.5) is 5.69 Å². The number of methoxy groups -OCH3 is 2. The molecule has 2 aromatic rings. The maximum atomic E-state index is 12.1. The number of benzene rings is 2. The van der Waals surface area contributed by atoms with Crippen molar-refractivity contribution in [1.29, 1.82) is 0 Å². The molecule has 0 aliphatic carbocycles. The van der Waals surface area contributed by atoms with Crippen LogP contribution in [0, 0.1) is 0 Å². The standard InChI is InChI=1S/C22H25N3O5/c1-15(26)23-12-13-24-22(28)17-6-8-18(9-7-17)25-21(27)11-5-16-4-10-19(29-2)20(14-16)30-3/h4-11,14H,12-13H2,1-3H3,(H,23,26)(H,24,28)(H,25,27)/b11-5+. The summed E-state index contributed by atoms with van der Waals surface area (Å²) in [6.07, 6.45) is 3.07. The van der Waals surface area contributed by atoms with Crippen LogP contribution in [-0.2, 0) is 9.59 Å². The van der Waals surface area contributed by atoms with Crippen molar-refractivity contribution in [1.82, 2.24) is 10.6 Å². The fourth-order valence-electron chi connectivity index (χ4n) is 2.53. The van der Waals surface area contributed by atoms with E-state index < -0.39 is 0 Å². The fourth-order valence-corrected chi connectivity index (χ4v) is 2.53. The number of rotatable bonds is 9. The Balaban J connectivity index is 1.89. The molecule has 0 heterocycles. The Bertz CT molecular complexity index is 923. The van der Waals surface area contributed by atoms with E-state index in [9.17, 15) is 14.4 Å². The number of ether oxygens (including phenoxy) is 2. The Labute approximate surface area is 175 Å². The summed E-state index contributed by atoms with van der Waals surface area (Å²) in [6, 6.07) is 11.8. The van der Waals surface area contributed by atoms with Crippen LogP contribution in [0.5, 0.6) is 11.5 Å². The lowest BCUT2D eigenvalue weighted by atomic mass is 10.1. The second-order valence-electron chi connectivity index (χ2n) is 6.25. The molecule has 0 bridgehead atoms. The maximum absolute atomic E-state index is 12.1. The number of anilines is 1. The monoisotopic (exact) mass is 411 g/mol. The first-order valence-corrected chi connectivity index (χ1v) is 9.26. The van der Waals surface area contributed by atoms with Crippen molar-refractivity contribution in [2.45, 2.75) is 6.92 Å². The van der Waals surface area contributed by atoms with E-state index in [1.54, 1.807) is 56.7 Å². The van der Waals surface area contributed by atoms with Gasteiger partial charge in [-0.3, -0.25) is 14.4 Å². The van der Waals surface area contributed by atoms with Gasteiger partial charge in [-0.25, -0.2) is 0 Å². The zero-order valence-electron chi connectivity index (χ0n) is 17.2. The van der Waals surface area contributed by atoms with Crippen LogP contribution in [0.3, 0.4) is 0 Å². The topological polar surface area (TPSA) is 106 Å². The molecule has 0 aliphatic rings. The van der Waals surface area contributed by atoms with Gasteiger partial charge in [-0.1, -0.05) is 6.07 Å². The van der Waals surface area contributed by atoms with Gasteiger partial charge < -0.3 is 25.4 Å². The fraction of sp³-hybridized carbons (Fsp3) is 0.227. The van der Waals surface area contributed by atoms with Crippen LogP contribution in [0.1, 0.15) is 22.8 Å². The molecule has 0 atom stereocenters. The van der Waals surface area contributed by atoms with Gasteiger partial charge in [0.1, 0.15) is 0 Å². The minimum Gasteiger partial charge on any atom is -0.493 e. The quantitative estimate of drug-likeness (QED) is 0.433. The summed E-state index contributed by atoms with van der Waals surface area (Å²) in [5.74, 6) is 0.470. The number of carbonyl (C=O) groups is 3. The summed E-state index contributed by atoms with van der Waals surface area (Å²) in [5, 5.41) is 8.03. The first-order valence-electron chi connectivity index (χ1n) is 9.26. The van der Waals surface area contributed by atoms with Crippen molar-refractivity contribution in [2.24, 2.45) is 0 Å². The molecular weight excluding hydrogens is 386 g/mol. The van der Waals surface area contributed by atoms with Crippen LogP contribution < -0.4 is 25.4 Å². The maximum Gasteiger partial charge on any atom is 0.251 e. The van der Waals surface area contributed by atoms with Gasteiger partial charge in [0.05, 0.1) is 14.2 Å². The molecule has 30 heavy (non-hydrogen) atoms. The van der Waals surface area contributed by atoms with E-state index in [-0.39, 0.29) is 17.7 Å². The molecule has 0 saturated heterocycles. The predicted molar refractivity (Wildman–Crippen MR) is 115 cm³/mol. The Morgan fingerprint density at radius 1 is 0.900 bits per heavy atom. The lowest BCUT2D eigenvalue weighted by Gasteiger charge is -2.08. The summed E-state index contributed by atoms with van der Waals surface area (Å²) >= 11 is 0. The molecule has 0 saturated carbocycles. The number of nitrogens with one attached hydrogen (secondary N) is 3. The van der Waals surface area contributed by atoms with Crippen molar-refractivity contribution in [3.8, 4) is 11.5 Å². The third kappa shape index (κ3) is 6.97. The van der Waals surface area contributed by atoms with E-state index in [2.05, 4.69) is 16.0 Å². The largest absolute Gasteiger partial charge is 0.493 e. The van der Waals surface area contributed by atoms with Gasteiger partial charge in [0.15, 0.2) is 11.5 Å². The van der Waals surface area contributed by atoms with Crippen LogP contribution in [0.25, 0.3) is 6.08 Å². The second kappa shape index (κ2) is 11.3. The van der Waals surface area contributed by atoms with Gasteiger partial charge in [0.25, 0.3) is 5.91 Å². The molecule has 158 valence electrons. The Kier molecular flexibility index (Phi) is 8.43. The van der Waals surface area contributed by atoms with Gasteiger partial charge in [0, 0.05) is 37.3 Å². The lowest BCUT2D eigenvalue weighted by Crippen LogP contribution is -2.33. The van der Waals surface area contributed by atoms with E-state index in [1.807, 2.05) is 6.07 Å².